The van der Waals surface area contributed by atoms with Gasteiger partial charge in [0.1, 0.15) is 5.82 Å². The molecule has 2 nitrogen and oxygen atoms in total. The van der Waals surface area contributed by atoms with E-state index in [4.69, 9.17) is 11.6 Å². The first-order valence-electron chi connectivity index (χ1n) is 7.68. The van der Waals surface area contributed by atoms with Crippen LogP contribution in [0.25, 0.3) is 0 Å². The Hall–Kier alpha value is -0.450. The summed E-state index contributed by atoms with van der Waals surface area (Å²) < 4.78 is 25.7. The van der Waals surface area contributed by atoms with Crippen LogP contribution in [0.5, 0.6) is 0 Å². The molecule has 0 saturated heterocycles. The minimum Gasteiger partial charge on any atom is -0.313 e. The molecule has 1 saturated carbocycles. The molecule has 1 aromatic carbocycles. The topological polar surface area (TPSA) is 29.1 Å². The quantitative estimate of drug-likeness (QED) is 0.848. The lowest BCUT2D eigenvalue weighted by molar-refractivity contribution is 0.287. The molecule has 0 radical (unpaired) electrons. The fraction of sp³-hybridized carbons (Fsp3) is 0.625. The van der Waals surface area contributed by atoms with Crippen molar-refractivity contribution in [2.75, 3.05) is 12.3 Å². The van der Waals surface area contributed by atoms with Crippen LogP contribution < -0.4 is 5.32 Å². The molecule has 0 bridgehead atoms. The van der Waals surface area contributed by atoms with Crippen molar-refractivity contribution in [3.8, 4) is 0 Å². The molecule has 1 aromatic rings. The van der Waals surface area contributed by atoms with Crippen LogP contribution in [-0.2, 0) is 10.8 Å². The number of rotatable bonds is 6. The second-order valence-electron chi connectivity index (χ2n) is 5.65. The van der Waals surface area contributed by atoms with E-state index in [1.165, 1.54) is 44.2 Å². The predicted molar refractivity (Wildman–Crippen MR) is 86.7 cm³/mol. The zero-order valence-electron chi connectivity index (χ0n) is 12.4. The van der Waals surface area contributed by atoms with Crippen LogP contribution >= 0.6 is 11.6 Å². The molecule has 21 heavy (non-hydrogen) atoms. The van der Waals surface area contributed by atoms with Gasteiger partial charge in [-0.1, -0.05) is 37.8 Å². The van der Waals surface area contributed by atoms with Crippen molar-refractivity contribution < 1.29 is 8.60 Å². The van der Waals surface area contributed by atoms with Gasteiger partial charge in [-0.3, -0.25) is 4.21 Å². The molecule has 0 aliphatic heterocycles. The van der Waals surface area contributed by atoms with Crippen LogP contribution in [0.15, 0.2) is 23.1 Å². The van der Waals surface area contributed by atoms with Crippen LogP contribution in [0.2, 0.25) is 5.02 Å². The van der Waals surface area contributed by atoms with Crippen LogP contribution in [0.4, 0.5) is 4.39 Å². The van der Waals surface area contributed by atoms with E-state index >= 15 is 0 Å². The Labute approximate surface area is 133 Å². The van der Waals surface area contributed by atoms with E-state index in [-0.39, 0.29) is 11.1 Å². The minimum absolute atomic E-state index is 0.0403. The molecule has 2 atom stereocenters. The van der Waals surface area contributed by atoms with Crippen molar-refractivity contribution in [2.45, 2.75) is 50.0 Å². The molecule has 5 heteroatoms. The lowest BCUT2D eigenvalue weighted by atomic mass is 9.84. The summed E-state index contributed by atoms with van der Waals surface area (Å²) in [5, 5.41) is 3.52. The van der Waals surface area contributed by atoms with Gasteiger partial charge >= 0.3 is 0 Å². The van der Waals surface area contributed by atoms with Crippen molar-refractivity contribution in [3.63, 3.8) is 0 Å². The van der Waals surface area contributed by atoms with E-state index in [0.29, 0.717) is 16.6 Å². The average molecular weight is 332 g/mol. The van der Waals surface area contributed by atoms with Crippen molar-refractivity contribution in [1.82, 2.24) is 5.32 Å². The van der Waals surface area contributed by atoms with E-state index in [1.54, 1.807) is 6.07 Å². The first-order valence-corrected chi connectivity index (χ1v) is 9.38. The highest BCUT2D eigenvalue weighted by Gasteiger charge is 2.25. The Morgan fingerprint density at radius 1 is 1.38 bits per heavy atom. The highest BCUT2D eigenvalue weighted by atomic mass is 35.5. The monoisotopic (exact) mass is 331 g/mol. The second kappa shape index (κ2) is 8.25. The average Bonchev–Trinajstić information content (AvgIpc) is 2.50. The van der Waals surface area contributed by atoms with Gasteiger partial charge in [-0.25, -0.2) is 4.39 Å². The summed E-state index contributed by atoms with van der Waals surface area (Å²) in [6.45, 7) is 2.95. The maximum absolute atomic E-state index is 13.2. The summed E-state index contributed by atoms with van der Waals surface area (Å²) in [6.07, 6.45) is 6.26. The second-order valence-corrected chi connectivity index (χ2v) is 7.55. The minimum atomic E-state index is -1.15. The lowest BCUT2D eigenvalue weighted by Crippen LogP contribution is -2.41. The van der Waals surface area contributed by atoms with Gasteiger partial charge < -0.3 is 5.32 Å². The summed E-state index contributed by atoms with van der Waals surface area (Å²) in [5.74, 6) is 0.701. The number of nitrogens with one attached hydrogen (secondary N) is 1. The first-order chi connectivity index (χ1) is 10.1. The summed E-state index contributed by atoms with van der Waals surface area (Å²) in [6, 6.07) is 4.61. The fourth-order valence-electron chi connectivity index (χ4n) is 3.04. The SMILES string of the molecule is CCNC(CS(=O)c1ccc(F)c(Cl)c1)C1CCCCC1. The molecule has 0 aromatic heterocycles. The van der Waals surface area contributed by atoms with Gasteiger partial charge in [0.15, 0.2) is 0 Å². The van der Waals surface area contributed by atoms with Crippen LogP contribution in [0.1, 0.15) is 39.0 Å². The molecule has 0 amide bonds. The Morgan fingerprint density at radius 2 is 2.10 bits per heavy atom. The number of halogens is 2. The fourth-order valence-corrected chi connectivity index (χ4v) is 4.66. The van der Waals surface area contributed by atoms with Gasteiger partial charge in [0.25, 0.3) is 0 Å². The summed E-state index contributed by atoms with van der Waals surface area (Å²) in [7, 11) is -1.15. The van der Waals surface area contributed by atoms with Gasteiger partial charge in [0, 0.05) is 16.7 Å². The molecule has 1 N–H and O–H groups in total. The highest BCUT2D eigenvalue weighted by Crippen LogP contribution is 2.28. The highest BCUT2D eigenvalue weighted by molar-refractivity contribution is 7.85. The molecule has 0 spiro atoms. The van der Waals surface area contributed by atoms with Crippen molar-refractivity contribution >= 4 is 22.4 Å². The van der Waals surface area contributed by atoms with E-state index in [1.807, 2.05) is 0 Å². The molecular weight excluding hydrogens is 309 g/mol. The molecule has 2 rings (SSSR count). The van der Waals surface area contributed by atoms with E-state index < -0.39 is 16.6 Å². The molecule has 0 heterocycles. The van der Waals surface area contributed by atoms with Gasteiger partial charge in [-0.2, -0.15) is 0 Å². The summed E-state index contributed by atoms with van der Waals surface area (Å²) in [4.78, 5) is 0.611. The Balaban J connectivity index is 2.04. The van der Waals surface area contributed by atoms with Gasteiger partial charge in [0.2, 0.25) is 0 Å². The first kappa shape index (κ1) is 16.9. The van der Waals surface area contributed by atoms with Crippen molar-refractivity contribution in [1.29, 1.82) is 0 Å². The molecule has 2 unspecified atom stereocenters. The molecule has 118 valence electrons. The Kier molecular flexibility index (Phi) is 6.65. The predicted octanol–water partition coefficient (Wildman–Crippen LogP) is 4.15. The summed E-state index contributed by atoms with van der Waals surface area (Å²) >= 11 is 5.78. The maximum Gasteiger partial charge on any atom is 0.141 e. The standard InChI is InChI=1S/C16H23ClFNOS/c1-2-19-16(12-6-4-3-5-7-12)11-21(20)13-8-9-15(18)14(17)10-13/h8-10,12,16,19H,2-7,11H2,1H3. The van der Waals surface area contributed by atoms with Crippen LogP contribution in [0, 0.1) is 11.7 Å². The number of hydrogen-bond acceptors (Lipinski definition) is 2. The number of hydrogen-bond donors (Lipinski definition) is 1. The van der Waals surface area contributed by atoms with Crippen LogP contribution in [-0.4, -0.2) is 22.5 Å². The largest absolute Gasteiger partial charge is 0.313 e. The van der Waals surface area contributed by atoms with Gasteiger partial charge in [0.05, 0.1) is 15.8 Å². The molecule has 1 fully saturated rings. The third-order valence-corrected chi connectivity index (χ3v) is 5.90. The molecular formula is C16H23ClFNOS. The third-order valence-electron chi connectivity index (χ3n) is 4.17. The number of benzene rings is 1. The third kappa shape index (κ3) is 4.76. The van der Waals surface area contributed by atoms with Gasteiger partial charge in [-0.05, 0) is 43.5 Å². The summed E-state index contributed by atoms with van der Waals surface area (Å²) in [5.41, 5.74) is 0. The van der Waals surface area contributed by atoms with E-state index in [0.717, 1.165) is 6.54 Å². The maximum atomic E-state index is 13.2. The molecule has 1 aliphatic carbocycles. The lowest BCUT2D eigenvalue weighted by Gasteiger charge is -2.30. The normalized spacial score (nSPS) is 19.4. The zero-order chi connectivity index (χ0) is 15.2. The Morgan fingerprint density at radius 3 is 2.71 bits per heavy atom. The zero-order valence-corrected chi connectivity index (χ0v) is 14.0. The van der Waals surface area contributed by atoms with E-state index in [9.17, 15) is 8.60 Å². The van der Waals surface area contributed by atoms with Crippen molar-refractivity contribution in [2.24, 2.45) is 5.92 Å². The van der Waals surface area contributed by atoms with Crippen LogP contribution in [0.3, 0.4) is 0 Å². The molecule has 1 aliphatic rings. The van der Waals surface area contributed by atoms with Gasteiger partial charge in [-0.15, -0.1) is 0 Å². The Bertz CT molecular complexity index is 491. The van der Waals surface area contributed by atoms with E-state index in [2.05, 4.69) is 12.2 Å². The smallest absolute Gasteiger partial charge is 0.141 e. The van der Waals surface area contributed by atoms with Crippen molar-refractivity contribution in [3.05, 3.63) is 29.0 Å².